The van der Waals surface area contributed by atoms with Gasteiger partial charge in [-0.25, -0.2) is 4.98 Å². The van der Waals surface area contributed by atoms with Crippen molar-refractivity contribution in [2.24, 2.45) is 5.92 Å². The van der Waals surface area contributed by atoms with Gasteiger partial charge in [-0.15, -0.1) is 0 Å². The molecule has 1 aliphatic carbocycles. The van der Waals surface area contributed by atoms with Crippen LogP contribution in [0, 0.1) is 5.92 Å². The quantitative estimate of drug-likeness (QED) is 0.148. The molecule has 9 heteroatoms. The number of aromatic nitrogens is 4. The third-order valence-electron chi connectivity index (χ3n) is 7.16. The molecule has 2 aromatic heterocycles. The Hall–Kier alpha value is -4.24. The highest BCUT2D eigenvalue weighted by Gasteiger charge is 2.39. The van der Waals surface area contributed by atoms with Crippen molar-refractivity contribution < 1.29 is 14.6 Å². The molecule has 4 N–H and O–H groups in total. The number of nitrogen functional groups attached to an aromatic ring is 1. The minimum absolute atomic E-state index is 0.0132. The van der Waals surface area contributed by atoms with E-state index in [9.17, 15) is 14.7 Å². The van der Waals surface area contributed by atoms with Crippen molar-refractivity contribution in [1.82, 2.24) is 19.5 Å². The van der Waals surface area contributed by atoms with Gasteiger partial charge in [-0.2, -0.15) is 4.98 Å². The summed E-state index contributed by atoms with van der Waals surface area (Å²) in [7, 11) is 0. The monoisotopic (exact) mass is 587 g/mol. The van der Waals surface area contributed by atoms with Crippen LogP contribution in [0.1, 0.15) is 70.8 Å². The van der Waals surface area contributed by atoms with Crippen molar-refractivity contribution in [1.29, 1.82) is 0 Å². The summed E-state index contributed by atoms with van der Waals surface area (Å²) in [6, 6.07) is -0.337. The summed E-state index contributed by atoms with van der Waals surface area (Å²) in [4.78, 5) is 35.1. The predicted molar refractivity (Wildman–Crippen MR) is 173 cm³/mol. The molecule has 1 saturated carbocycles. The fraction of sp³-hybridized carbons (Fsp3) is 0.412. The molecule has 0 aliphatic heterocycles. The first-order valence-electron chi connectivity index (χ1n) is 15.1. The van der Waals surface area contributed by atoms with E-state index in [1.165, 1.54) is 6.33 Å². The van der Waals surface area contributed by atoms with Crippen LogP contribution in [0.25, 0.3) is 11.2 Å². The number of carbonyl (C=O) groups is 1. The molecule has 0 amide bonds. The number of carbonyl (C=O) groups excluding carboxylic acids is 1. The summed E-state index contributed by atoms with van der Waals surface area (Å²) in [6.45, 7) is 6.32. The van der Waals surface area contributed by atoms with Crippen LogP contribution in [-0.4, -0.2) is 43.3 Å². The molecule has 2 aromatic rings. The van der Waals surface area contributed by atoms with Crippen LogP contribution in [0.5, 0.6) is 0 Å². The zero-order valence-corrected chi connectivity index (χ0v) is 25.1. The third kappa shape index (κ3) is 10.8. The second-order valence-electron chi connectivity index (χ2n) is 10.4. The number of anilines is 1. The largest absolute Gasteiger partial charge is 0.465 e. The lowest BCUT2D eigenvalue weighted by molar-refractivity contribution is -0.145. The van der Waals surface area contributed by atoms with Gasteiger partial charge in [0.1, 0.15) is 6.61 Å². The fourth-order valence-electron chi connectivity index (χ4n) is 4.82. The summed E-state index contributed by atoms with van der Waals surface area (Å²) in [6.07, 6.45) is 33.4. The third-order valence-corrected chi connectivity index (χ3v) is 7.16. The molecule has 2 heterocycles. The Kier molecular flexibility index (Phi) is 14.2. The summed E-state index contributed by atoms with van der Waals surface area (Å²) in [5.74, 6) is -0.755. The van der Waals surface area contributed by atoms with E-state index >= 15 is 0 Å². The zero-order valence-electron chi connectivity index (χ0n) is 25.1. The van der Waals surface area contributed by atoms with E-state index in [0.29, 0.717) is 24.1 Å². The fourth-order valence-corrected chi connectivity index (χ4v) is 4.82. The van der Waals surface area contributed by atoms with Gasteiger partial charge in [0, 0.05) is 12.3 Å². The van der Waals surface area contributed by atoms with E-state index < -0.39 is 17.6 Å². The molecule has 0 aromatic carbocycles. The summed E-state index contributed by atoms with van der Waals surface area (Å²) < 4.78 is 7.14. The summed E-state index contributed by atoms with van der Waals surface area (Å²) in [5, 5.41) is 10.6. The predicted octanol–water partition coefficient (Wildman–Crippen LogP) is 6.20. The molecule has 43 heavy (non-hydrogen) atoms. The van der Waals surface area contributed by atoms with Crippen molar-refractivity contribution >= 4 is 23.1 Å². The molecule has 0 radical (unpaired) electrons. The second kappa shape index (κ2) is 18.3. The van der Waals surface area contributed by atoms with Gasteiger partial charge in [-0.05, 0) is 56.9 Å². The molecule has 3 rings (SSSR count). The van der Waals surface area contributed by atoms with Crippen LogP contribution in [0.3, 0.4) is 0 Å². The van der Waals surface area contributed by atoms with Gasteiger partial charge in [0.25, 0.3) is 5.56 Å². The standard InChI is InChI=1S/C34H45N5O4/c1-3-4-5-6-7-8-9-10-11-12-13-14-15-16-17-18-19-20-21-22-30(41)43-24-27-26(2)28(23-29(27)40)39-25-36-31-32(39)37-34(35)38-33(31)42/h4-5,7-8,10-11,13-14,16-17,19-20,25,27-29,40H,2-3,6,9,12,15,18,21-24H2,1H3,(H3,35,37,38,42). The van der Waals surface area contributed by atoms with E-state index in [1.54, 1.807) is 4.57 Å². The molecule has 3 unspecified atom stereocenters. The van der Waals surface area contributed by atoms with Gasteiger partial charge in [0.05, 0.1) is 18.5 Å². The Morgan fingerprint density at radius 1 is 1.02 bits per heavy atom. The van der Waals surface area contributed by atoms with Gasteiger partial charge in [0.2, 0.25) is 5.95 Å². The second-order valence-corrected chi connectivity index (χ2v) is 10.4. The Balaban J connectivity index is 1.27. The molecular formula is C34H45N5O4. The number of rotatable bonds is 17. The summed E-state index contributed by atoms with van der Waals surface area (Å²) in [5.41, 5.74) is 6.45. The Morgan fingerprint density at radius 2 is 1.58 bits per heavy atom. The van der Waals surface area contributed by atoms with Crippen molar-refractivity contribution in [3.05, 3.63) is 102 Å². The van der Waals surface area contributed by atoms with E-state index in [2.05, 4.69) is 89.2 Å². The molecule has 1 fully saturated rings. The van der Waals surface area contributed by atoms with Gasteiger partial charge < -0.3 is 20.1 Å². The number of allylic oxidation sites excluding steroid dienone is 12. The molecule has 0 bridgehead atoms. The SMILES string of the molecule is C=C1C(COC(=O)CCC=CCC=CCC=CCC=CCC=CCC=CCC)C(O)CC1n1cnc2c(=O)[nH]c(N)nc21. The minimum atomic E-state index is -0.745. The van der Waals surface area contributed by atoms with Crippen molar-refractivity contribution in [3.8, 4) is 0 Å². The first-order chi connectivity index (χ1) is 20.9. The molecular weight excluding hydrogens is 542 g/mol. The number of aromatic amines is 1. The van der Waals surface area contributed by atoms with E-state index in [4.69, 9.17) is 10.5 Å². The van der Waals surface area contributed by atoms with Crippen LogP contribution in [0.15, 0.2) is 96.2 Å². The van der Waals surface area contributed by atoms with Crippen molar-refractivity contribution in [3.63, 3.8) is 0 Å². The minimum Gasteiger partial charge on any atom is -0.465 e. The number of esters is 1. The lowest BCUT2D eigenvalue weighted by Crippen LogP contribution is -2.22. The van der Waals surface area contributed by atoms with Gasteiger partial charge in [0.15, 0.2) is 11.2 Å². The van der Waals surface area contributed by atoms with E-state index in [0.717, 1.165) is 38.5 Å². The van der Waals surface area contributed by atoms with Gasteiger partial charge in [-0.3, -0.25) is 14.6 Å². The molecule has 230 valence electrons. The number of fused-ring (bicyclic) bond motifs is 1. The van der Waals surface area contributed by atoms with Gasteiger partial charge >= 0.3 is 5.97 Å². The van der Waals surface area contributed by atoms with Crippen molar-refractivity contribution in [2.75, 3.05) is 12.3 Å². The highest BCUT2D eigenvalue weighted by atomic mass is 16.5. The van der Waals surface area contributed by atoms with Crippen LogP contribution >= 0.6 is 0 Å². The summed E-state index contributed by atoms with van der Waals surface area (Å²) >= 11 is 0. The van der Waals surface area contributed by atoms with Gasteiger partial charge in [-0.1, -0.05) is 86.4 Å². The van der Waals surface area contributed by atoms with Crippen molar-refractivity contribution in [2.45, 2.75) is 76.9 Å². The topological polar surface area (TPSA) is 136 Å². The molecule has 1 aliphatic rings. The number of nitrogens with two attached hydrogens (primary N) is 1. The van der Waals surface area contributed by atoms with Crippen LogP contribution < -0.4 is 11.3 Å². The highest BCUT2D eigenvalue weighted by molar-refractivity contribution is 5.71. The number of hydrogen-bond acceptors (Lipinski definition) is 7. The number of nitrogens with zero attached hydrogens (tertiary/aromatic N) is 3. The number of ether oxygens (including phenoxy) is 1. The maximum absolute atomic E-state index is 12.3. The molecule has 0 spiro atoms. The Morgan fingerprint density at radius 3 is 2.16 bits per heavy atom. The lowest BCUT2D eigenvalue weighted by Gasteiger charge is -2.17. The highest BCUT2D eigenvalue weighted by Crippen LogP contribution is 2.40. The number of H-pyrrole nitrogens is 1. The smallest absolute Gasteiger partial charge is 0.306 e. The molecule has 0 saturated heterocycles. The normalized spacial score (nSPS) is 19.7. The Labute approximate surface area is 254 Å². The lowest BCUT2D eigenvalue weighted by atomic mass is 10.0. The average Bonchev–Trinajstić information content (AvgIpc) is 3.52. The van der Waals surface area contributed by atoms with Crippen LogP contribution in [0.4, 0.5) is 5.95 Å². The first-order valence-corrected chi connectivity index (χ1v) is 15.1. The van der Waals surface area contributed by atoms with Crippen LogP contribution in [0.2, 0.25) is 0 Å². The average molecular weight is 588 g/mol. The van der Waals surface area contributed by atoms with E-state index in [-0.39, 0.29) is 36.5 Å². The molecule has 9 nitrogen and oxygen atoms in total. The maximum Gasteiger partial charge on any atom is 0.306 e. The molecule has 3 atom stereocenters. The maximum atomic E-state index is 12.3. The number of aliphatic hydroxyl groups excluding tert-OH is 1. The zero-order chi connectivity index (χ0) is 30.9. The number of imidazole rings is 1. The number of hydrogen-bond donors (Lipinski definition) is 3. The Bertz CT molecular complexity index is 1430. The van der Waals surface area contributed by atoms with E-state index in [1.807, 2.05) is 12.2 Å². The number of nitrogens with one attached hydrogen (secondary N) is 1. The van der Waals surface area contributed by atoms with Crippen LogP contribution in [-0.2, 0) is 9.53 Å². The number of aliphatic hydroxyl groups is 1. The first kappa shape index (κ1) is 33.3.